The van der Waals surface area contributed by atoms with Crippen molar-refractivity contribution in [1.29, 1.82) is 0 Å². The summed E-state index contributed by atoms with van der Waals surface area (Å²) in [5.74, 6) is -0.983. The number of hydrogen-bond acceptors (Lipinski definition) is 2. The normalized spacial score (nSPS) is 26.7. The lowest BCUT2D eigenvalue weighted by Gasteiger charge is -1.97. The van der Waals surface area contributed by atoms with Gasteiger partial charge in [0.15, 0.2) is 0 Å². The SMILES string of the molecule is O=C(O)[C@H]1[C@@H](c2ccccc2)[C@H]1c1cnc[nH]1. The molecule has 0 bridgehead atoms. The van der Waals surface area contributed by atoms with Crippen LogP contribution < -0.4 is 0 Å². The average molecular weight is 228 g/mol. The Balaban J connectivity index is 1.93. The second-order valence-corrected chi connectivity index (χ2v) is 4.33. The molecule has 0 saturated heterocycles. The summed E-state index contributed by atoms with van der Waals surface area (Å²) in [6, 6.07) is 9.79. The van der Waals surface area contributed by atoms with Crippen LogP contribution in [0.3, 0.4) is 0 Å². The van der Waals surface area contributed by atoms with E-state index in [-0.39, 0.29) is 17.8 Å². The molecular formula is C13H12N2O2. The van der Waals surface area contributed by atoms with Crippen LogP contribution in [0.25, 0.3) is 0 Å². The molecule has 2 N–H and O–H groups in total. The minimum atomic E-state index is -0.738. The van der Waals surface area contributed by atoms with Gasteiger partial charge in [0.2, 0.25) is 0 Å². The van der Waals surface area contributed by atoms with Crippen LogP contribution in [0.4, 0.5) is 0 Å². The van der Waals surface area contributed by atoms with Crippen molar-refractivity contribution in [2.45, 2.75) is 11.8 Å². The molecule has 0 amide bonds. The largest absolute Gasteiger partial charge is 0.481 e. The molecule has 2 aromatic rings. The van der Waals surface area contributed by atoms with Crippen LogP contribution in [0.1, 0.15) is 23.1 Å². The van der Waals surface area contributed by atoms with Gasteiger partial charge in [-0.15, -0.1) is 0 Å². The van der Waals surface area contributed by atoms with Crippen LogP contribution in [-0.4, -0.2) is 21.0 Å². The quantitative estimate of drug-likeness (QED) is 0.844. The molecule has 0 aliphatic heterocycles. The second-order valence-electron chi connectivity index (χ2n) is 4.33. The third-order valence-corrected chi connectivity index (χ3v) is 3.37. The first-order valence-electron chi connectivity index (χ1n) is 5.55. The first kappa shape index (κ1) is 10.1. The summed E-state index contributed by atoms with van der Waals surface area (Å²) < 4.78 is 0. The van der Waals surface area contributed by atoms with Crippen molar-refractivity contribution in [2.24, 2.45) is 5.92 Å². The molecule has 1 fully saturated rings. The Bertz CT molecular complexity index is 522. The highest BCUT2D eigenvalue weighted by atomic mass is 16.4. The summed E-state index contributed by atoms with van der Waals surface area (Å²) in [6.07, 6.45) is 3.30. The Labute approximate surface area is 98.3 Å². The average Bonchev–Trinajstić information content (AvgIpc) is 2.87. The van der Waals surface area contributed by atoms with Crippen LogP contribution in [0.5, 0.6) is 0 Å². The maximum Gasteiger partial charge on any atom is 0.307 e. The highest BCUT2D eigenvalue weighted by Crippen LogP contribution is 2.59. The predicted molar refractivity (Wildman–Crippen MR) is 61.6 cm³/mol. The fraction of sp³-hybridized carbons (Fsp3) is 0.231. The number of nitrogens with zero attached hydrogens (tertiary/aromatic N) is 1. The lowest BCUT2D eigenvalue weighted by atomic mass is 10.1. The maximum absolute atomic E-state index is 11.2. The molecule has 1 heterocycles. The van der Waals surface area contributed by atoms with Gasteiger partial charge in [-0.1, -0.05) is 30.3 Å². The van der Waals surface area contributed by atoms with E-state index in [4.69, 9.17) is 0 Å². The number of aliphatic carboxylic acids is 1. The highest BCUT2D eigenvalue weighted by Gasteiger charge is 2.57. The Hall–Kier alpha value is -2.10. The Morgan fingerprint density at radius 3 is 2.59 bits per heavy atom. The standard InChI is InChI=1S/C13H12N2O2/c16-13(17)12-10(8-4-2-1-3-5-8)11(12)9-6-14-7-15-9/h1-7,10-12H,(H,14,15)(H,16,17)/t10-,11+,12-/m0/s1. The van der Waals surface area contributed by atoms with Gasteiger partial charge in [-0.2, -0.15) is 0 Å². The van der Waals surface area contributed by atoms with E-state index in [2.05, 4.69) is 9.97 Å². The molecule has 3 atom stereocenters. The molecule has 1 aliphatic rings. The number of imidazole rings is 1. The Morgan fingerprint density at radius 2 is 2.00 bits per heavy atom. The van der Waals surface area contributed by atoms with Crippen LogP contribution >= 0.6 is 0 Å². The molecule has 1 aromatic carbocycles. The summed E-state index contributed by atoms with van der Waals surface area (Å²) in [7, 11) is 0. The van der Waals surface area contributed by atoms with Gasteiger partial charge in [-0.25, -0.2) is 4.98 Å². The highest BCUT2D eigenvalue weighted by molar-refractivity contribution is 5.78. The zero-order valence-corrected chi connectivity index (χ0v) is 9.08. The third-order valence-electron chi connectivity index (χ3n) is 3.37. The molecule has 0 unspecified atom stereocenters. The van der Waals surface area contributed by atoms with Crippen molar-refractivity contribution < 1.29 is 9.90 Å². The van der Waals surface area contributed by atoms with Gasteiger partial charge in [0.25, 0.3) is 0 Å². The van der Waals surface area contributed by atoms with Crippen molar-refractivity contribution in [2.75, 3.05) is 0 Å². The topological polar surface area (TPSA) is 66.0 Å². The Morgan fingerprint density at radius 1 is 1.24 bits per heavy atom. The summed E-state index contributed by atoms with van der Waals surface area (Å²) >= 11 is 0. The summed E-state index contributed by atoms with van der Waals surface area (Å²) in [5, 5.41) is 9.22. The van der Waals surface area contributed by atoms with Gasteiger partial charge in [-0.05, 0) is 5.56 Å². The van der Waals surface area contributed by atoms with E-state index in [1.165, 1.54) is 0 Å². The zero-order chi connectivity index (χ0) is 11.8. The molecule has 0 spiro atoms. The number of aromatic amines is 1. The lowest BCUT2D eigenvalue weighted by molar-refractivity contribution is -0.138. The fourth-order valence-electron chi connectivity index (χ4n) is 2.54. The number of hydrogen-bond donors (Lipinski definition) is 2. The molecule has 17 heavy (non-hydrogen) atoms. The minimum absolute atomic E-state index is 0.0254. The Kier molecular flexibility index (Phi) is 2.21. The van der Waals surface area contributed by atoms with E-state index in [1.54, 1.807) is 12.5 Å². The molecule has 1 aliphatic carbocycles. The van der Waals surface area contributed by atoms with Crippen molar-refractivity contribution in [3.05, 3.63) is 54.1 Å². The number of benzene rings is 1. The maximum atomic E-state index is 11.2. The van der Waals surface area contributed by atoms with E-state index < -0.39 is 5.97 Å². The van der Waals surface area contributed by atoms with E-state index in [9.17, 15) is 9.90 Å². The van der Waals surface area contributed by atoms with Crippen LogP contribution in [0.15, 0.2) is 42.9 Å². The molecule has 4 nitrogen and oxygen atoms in total. The number of nitrogens with one attached hydrogen (secondary N) is 1. The van der Waals surface area contributed by atoms with Gasteiger partial charge in [0.1, 0.15) is 0 Å². The monoisotopic (exact) mass is 228 g/mol. The summed E-state index contributed by atoms with van der Waals surface area (Å²) in [4.78, 5) is 18.2. The number of carboxylic acids is 1. The van der Waals surface area contributed by atoms with Crippen molar-refractivity contribution in [3.63, 3.8) is 0 Å². The van der Waals surface area contributed by atoms with Gasteiger partial charge in [-0.3, -0.25) is 4.79 Å². The summed E-state index contributed by atoms with van der Waals surface area (Å²) in [6.45, 7) is 0. The summed E-state index contributed by atoms with van der Waals surface area (Å²) in [5.41, 5.74) is 1.99. The van der Waals surface area contributed by atoms with Crippen LogP contribution in [-0.2, 0) is 4.79 Å². The van der Waals surface area contributed by atoms with E-state index in [0.717, 1.165) is 11.3 Å². The van der Waals surface area contributed by atoms with Crippen LogP contribution in [0.2, 0.25) is 0 Å². The van der Waals surface area contributed by atoms with Gasteiger partial charge < -0.3 is 10.1 Å². The van der Waals surface area contributed by atoms with Gasteiger partial charge in [0, 0.05) is 23.7 Å². The predicted octanol–water partition coefficient (Wildman–Crippen LogP) is 1.99. The van der Waals surface area contributed by atoms with E-state index in [0.29, 0.717) is 0 Å². The smallest absolute Gasteiger partial charge is 0.307 e. The van der Waals surface area contributed by atoms with E-state index >= 15 is 0 Å². The lowest BCUT2D eigenvalue weighted by Crippen LogP contribution is -2.00. The second kappa shape index (κ2) is 3.73. The first-order valence-corrected chi connectivity index (χ1v) is 5.55. The number of H-pyrrole nitrogens is 1. The molecular weight excluding hydrogens is 216 g/mol. The molecule has 4 heteroatoms. The third kappa shape index (κ3) is 1.62. The minimum Gasteiger partial charge on any atom is -0.481 e. The number of carboxylic acid groups (broad SMARTS) is 1. The molecule has 0 radical (unpaired) electrons. The first-order chi connectivity index (χ1) is 8.29. The molecule has 1 saturated carbocycles. The zero-order valence-electron chi connectivity index (χ0n) is 9.08. The molecule has 1 aromatic heterocycles. The van der Waals surface area contributed by atoms with Crippen molar-refractivity contribution >= 4 is 5.97 Å². The molecule has 86 valence electrons. The number of rotatable bonds is 3. The van der Waals surface area contributed by atoms with Crippen LogP contribution in [0, 0.1) is 5.92 Å². The number of aromatic nitrogens is 2. The van der Waals surface area contributed by atoms with Crippen molar-refractivity contribution in [1.82, 2.24) is 9.97 Å². The van der Waals surface area contributed by atoms with E-state index in [1.807, 2.05) is 30.3 Å². The van der Waals surface area contributed by atoms with Crippen molar-refractivity contribution in [3.8, 4) is 0 Å². The number of carbonyl (C=O) groups is 1. The van der Waals surface area contributed by atoms with Gasteiger partial charge in [0.05, 0.1) is 12.2 Å². The van der Waals surface area contributed by atoms with Gasteiger partial charge >= 0.3 is 5.97 Å². The molecule has 3 rings (SSSR count). The fourth-order valence-corrected chi connectivity index (χ4v) is 2.54.